The molecule has 0 N–H and O–H groups in total. The van der Waals surface area contributed by atoms with Crippen molar-refractivity contribution in [1.82, 2.24) is 0 Å². The molecule has 2 rings (SSSR count). The molecule has 1 atom stereocenters. The van der Waals surface area contributed by atoms with E-state index in [-0.39, 0.29) is 10.6 Å². The molecule has 0 bridgehead atoms. The highest BCUT2D eigenvalue weighted by molar-refractivity contribution is 9.10. The monoisotopic (exact) mass is 362 g/mol. The fourth-order valence-corrected chi connectivity index (χ4v) is 3.49. The summed E-state index contributed by atoms with van der Waals surface area (Å²) in [5.74, 6) is -0.173. The molecular formula is C12H9Br2FS. The Hall–Kier alpha value is -0.190. The van der Waals surface area contributed by atoms with Crippen LogP contribution in [0.25, 0.3) is 0 Å². The average molecular weight is 364 g/mol. The molecule has 0 aliphatic carbocycles. The van der Waals surface area contributed by atoms with Gasteiger partial charge in [0.25, 0.3) is 0 Å². The van der Waals surface area contributed by atoms with Crippen LogP contribution in [0.3, 0.4) is 0 Å². The van der Waals surface area contributed by atoms with Crippen LogP contribution in [0.2, 0.25) is 0 Å². The molecule has 1 aromatic carbocycles. The van der Waals surface area contributed by atoms with Crippen LogP contribution in [0, 0.1) is 5.82 Å². The van der Waals surface area contributed by atoms with Gasteiger partial charge in [0.05, 0.1) is 0 Å². The van der Waals surface area contributed by atoms with Crippen LogP contribution in [-0.2, 0) is 6.42 Å². The van der Waals surface area contributed by atoms with Gasteiger partial charge >= 0.3 is 0 Å². The summed E-state index contributed by atoms with van der Waals surface area (Å²) in [5.41, 5.74) is 0.705. The Balaban J connectivity index is 2.17. The van der Waals surface area contributed by atoms with E-state index in [1.807, 2.05) is 23.6 Å². The minimum atomic E-state index is -0.173. The van der Waals surface area contributed by atoms with Crippen LogP contribution in [0.4, 0.5) is 4.39 Å². The largest absolute Gasteiger partial charge is 0.207 e. The zero-order valence-corrected chi connectivity index (χ0v) is 12.3. The Labute approximate surface area is 115 Å². The van der Waals surface area contributed by atoms with Crippen LogP contribution in [0.15, 0.2) is 40.2 Å². The molecule has 0 fully saturated rings. The lowest BCUT2D eigenvalue weighted by atomic mass is 10.1. The number of alkyl halides is 1. The molecule has 2 aromatic rings. The number of hydrogen-bond donors (Lipinski definition) is 0. The Morgan fingerprint density at radius 2 is 2.12 bits per heavy atom. The molecular weight excluding hydrogens is 355 g/mol. The number of halogens is 3. The number of benzene rings is 1. The predicted molar refractivity (Wildman–Crippen MR) is 73.8 cm³/mol. The molecule has 16 heavy (non-hydrogen) atoms. The highest BCUT2D eigenvalue weighted by Gasteiger charge is 2.13. The summed E-state index contributed by atoms with van der Waals surface area (Å²) in [7, 11) is 0. The highest BCUT2D eigenvalue weighted by Crippen LogP contribution is 2.31. The molecule has 4 heteroatoms. The van der Waals surface area contributed by atoms with E-state index in [4.69, 9.17) is 0 Å². The van der Waals surface area contributed by atoms with E-state index >= 15 is 0 Å². The first kappa shape index (κ1) is 12.3. The molecule has 0 nitrogen and oxygen atoms in total. The summed E-state index contributed by atoms with van der Waals surface area (Å²) in [6, 6.07) is 9.25. The van der Waals surface area contributed by atoms with Crippen LogP contribution in [0.5, 0.6) is 0 Å². The lowest BCUT2D eigenvalue weighted by Crippen LogP contribution is -1.97. The molecule has 0 radical (unpaired) electrons. The smallest absolute Gasteiger partial charge is 0.128 e. The first-order chi connectivity index (χ1) is 7.66. The van der Waals surface area contributed by atoms with Crippen molar-refractivity contribution in [2.24, 2.45) is 0 Å². The fraction of sp³-hybridized carbons (Fsp3) is 0.167. The summed E-state index contributed by atoms with van der Waals surface area (Å²) < 4.78 is 14.4. The molecule has 0 saturated carbocycles. The second-order valence-electron chi connectivity index (χ2n) is 3.42. The van der Waals surface area contributed by atoms with Gasteiger partial charge in [-0.2, -0.15) is 0 Å². The molecule has 0 saturated heterocycles. The predicted octanol–water partition coefficient (Wildman–Crippen LogP) is 5.33. The van der Waals surface area contributed by atoms with Crippen LogP contribution >= 0.6 is 43.2 Å². The second-order valence-corrected chi connectivity index (χ2v) is 6.47. The molecule has 0 amide bonds. The van der Waals surface area contributed by atoms with Crippen molar-refractivity contribution >= 4 is 43.2 Å². The van der Waals surface area contributed by atoms with Gasteiger partial charge in [0, 0.05) is 19.7 Å². The van der Waals surface area contributed by atoms with Gasteiger partial charge in [-0.05, 0) is 30.0 Å². The third-order valence-corrected chi connectivity index (χ3v) is 4.47. The molecule has 84 valence electrons. The van der Waals surface area contributed by atoms with Crippen molar-refractivity contribution in [3.05, 3.63) is 56.4 Å². The third kappa shape index (κ3) is 2.93. The molecule has 1 unspecified atom stereocenters. The van der Waals surface area contributed by atoms with Gasteiger partial charge in [-0.1, -0.05) is 44.0 Å². The van der Waals surface area contributed by atoms with E-state index in [1.54, 1.807) is 11.3 Å². The van der Waals surface area contributed by atoms with Gasteiger partial charge in [0.2, 0.25) is 0 Å². The van der Waals surface area contributed by atoms with E-state index in [2.05, 4.69) is 37.9 Å². The maximum atomic E-state index is 13.7. The Kier molecular flexibility index (Phi) is 4.16. The normalized spacial score (nSPS) is 12.7. The van der Waals surface area contributed by atoms with Gasteiger partial charge in [-0.3, -0.25) is 0 Å². The van der Waals surface area contributed by atoms with Gasteiger partial charge in [0.15, 0.2) is 0 Å². The molecule has 0 aliphatic heterocycles. The van der Waals surface area contributed by atoms with Crippen LogP contribution < -0.4 is 0 Å². The topological polar surface area (TPSA) is 0 Å². The number of hydrogen-bond acceptors (Lipinski definition) is 1. The zero-order chi connectivity index (χ0) is 11.5. The van der Waals surface area contributed by atoms with Gasteiger partial charge < -0.3 is 0 Å². The molecule has 1 heterocycles. The first-order valence-electron chi connectivity index (χ1n) is 4.78. The van der Waals surface area contributed by atoms with Crippen LogP contribution in [-0.4, -0.2) is 0 Å². The first-order valence-corrected chi connectivity index (χ1v) is 7.37. The molecule has 1 aromatic heterocycles. The van der Waals surface area contributed by atoms with Crippen LogP contribution in [0.1, 0.15) is 15.3 Å². The van der Waals surface area contributed by atoms with E-state index in [0.29, 0.717) is 5.56 Å². The van der Waals surface area contributed by atoms with Gasteiger partial charge in [-0.15, -0.1) is 11.3 Å². The molecule has 0 spiro atoms. The Morgan fingerprint density at radius 3 is 2.75 bits per heavy atom. The lowest BCUT2D eigenvalue weighted by Gasteiger charge is -2.10. The number of thiophene rings is 1. The van der Waals surface area contributed by atoms with Crippen molar-refractivity contribution in [2.45, 2.75) is 11.2 Å². The second kappa shape index (κ2) is 5.43. The lowest BCUT2D eigenvalue weighted by molar-refractivity contribution is 0.607. The van der Waals surface area contributed by atoms with Gasteiger partial charge in [0.1, 0.15) is 5.82 Å². The summed E-state index contributed by atoms with van der Waals surface area (Å²) in [4.78, 5) is 1.28. The van der Waals surface area contributed by atoms with Crippen molar-refractivity contribution in [3.63, 3.8) is 0 Å². The SMILES string of the molecule is Fc1cc(Br)ccc1C(Br)Cc1cccs1. The van der Waals surface area contributed by atoms with Crippen molar-refractivity contribution < 1.29 is 4.39 Å². The van der Waals surface area contributed by atoms with E-state index in [1.165, 1.54) is 10.9 Å². The number of rotatable bonds is 3. The maximum absolute atomic E-state index is 13.7. The van der Waals surface area contributed by atoms with E-state index in [9.17, 15) is 4.39 Å². The minimum absolute atomic E-state index is 0.0271. The molecule has 0 aliphatic rings. The van der Waals surface area contributed by atoms with Crippen molar-refractivity contribution in [1.29, 1.82) is 0 Å². The summed E-state index contributed by atoms with van der Waals surface area (Å²) in [6.07, 6.45) is 0.816. The average Bonchev–Trinajstić information content (AvgIpc) is 2.70. The van der Waals surface area contributed by atoms with Gasteiger partial charge in [-0.25, -0.2) is 4.39 Å². The Morgan fingerprint density at radius 1 is 1.31 bits per heavy atom. The third-order valence-electron chi connectivity index (χ3n) is 2.26. The highest BCUT2D eigenvalue weighted by atomic mass is 79.9. The quantitative estimate of drug-likeness (QED) is 0.646. The zero-order valence-electron chi connectivity index (χ0n) is 8.29. The Bertz CT molecular complexity index is 468. The summed E-state index contributed by atoms with van der Waals surface area (Å²) in [5, 5.41) is 2.03. The van der Waals surface area contributed by atoms with E-state index in [0.717, 1.165) is 10.9 Å². The fourth-order valence-electron chi connectivity index (χ4n) is 1.47. The summed E-state index contributed by atoms with van der Waals surface area (Å²) in [6.45, 7) is 0. The van der Waals surface area contributed by atoms with Crippen molar-refractivity contribution in [2.75, 3.05) is 0 Å². The van der Waals surface area contributed by atoms with E-state index < -0.39 is 0 Å². The maximum Gasteiger partial charge on any atom is 0.128 e. The van der Waals surface area contributed by atoms with Crippen molar-refractivity contribution in [3.8, 4) is 0 Å². The standard InChI is InChI=1S/C12H9Br2FS/c13-8-3-4-10(12(15)6-8)11(14)7-9-2-1-5-16-9/h1-6,11H,7H2. The minimum Gasteiger partial charge on any atom is -0.207 e. The summed E-state index contributed by atoms with van der Waals surface area (Å²) >= 11 is 8.48.